The minimum absolute atomic E-state index is 0.126. The van der Waals surface area contributed by atoms with Gasteiger partial charge in [0.05, 0.1) is 30.8 Å². The lowest BCUT2D eigenvalue weighted by Crippen LogP contribution is -1.94. The number of ketones is 1. The molecule has 7 heteroatoms. The summed E-state index contributed by atoms with van der Waals surface area (Å²) in [6.07, 6.45) is 2.90. The lowest BCUT2D eigenvalue weighted by molar-refractivity contribution is -0.384. The zero-order valence-electron chi connectivity index (χ0n) is 15.2. The second kappa shape index (κ2) is 8.22. The maximum Gasteiger partial charge on any atom is 0.284 e. The van der Waals surface area contributed by atoms with Crippen molar-refractivity contribution in [3.05, 3.63) is 82.1 Å². The highest BCUT2D eigenvalue weighted by Crippen LogP contribution is 2.34. The van der Waals surface area contributed by atoms with E-state index in [2.05, 4.69) is 0 Å². The number of hydrogen-bond donors (Lipinski definition) is 0. The molecule has 2 aromatic carbocycles. The first kappa shape index (κ1) is 18.9. The Hall–Kier alpha value is -3.87. The van der Waals surface area contributed by atoms with Crippen LogP contribution in [0.25, 0.3) is 17.4 Å². The summed E-state index contributed by atoms with van der Waals surface area (Å²) in [4.78, 5) is 23.1. The number of ether oxygens (including phenoxy) is 2. The van der Waals surface area contributed by atoms with Gasteiger partial charge in [-0.3, -0.25) is 14.9 Å². The first-order chi connectivity index (χ1) is 13.5. The van der Waals surface area contributed by atoms with E-state index in [0.717, 1.165) is 0 Å². The summed E-state index contributed by atoms with van der Waals surface area (Å²) in [5.74, 6) is 1.58. The van der Waals surface area contributed by atoms with Gasteiger partial charge in [-0.05, 0) is 60.7 Å². The van der Waals surface area contributed by atoms with Crippen LogP contribution < -0.4 is 9.47 Å². The molecule has 0 aliphatic carbocycles. The first-order valence-electron chi connectivity index (χ1n) is 8.31. The van der Waals surface area contributed by atoms with Crippen LogP contribution in [-0.2, 0) is 0 Å². The summed E-state index contributed by atoms with van der Waals surface area (Å²) in [5, 5.41) is 11.3. The first-order valence-corrected chi connectivity index (χ1v) is 8.31. The average molecular weight is 379 g/mol. The Morgan fingerprint density at radius 1 is 1.00 bits per heavy atom. The molecule has 0 saturated heterocycles. The second-order valence-corrected chi connectivity index (χ2v) is 5.77. The standard InChI is InChI=1S/C21H17NO6/c1-26-15-5-3-14(4-6-15)20(23)11-8-16-9-12-21(28-16)18-10-7-17(27-2)13-19(18)22(24)25/h3-13H,1-2H3/b11-8+. The molecule has 0 aliphatic rings. The molecule has 0 radical (unpaired) electrons. The number of benzene rings is 2. The molecule has 0 fully saturated rings. The summed E-state index contributed by atoms with van der Waals surface area (Å²) in [5.41, 5.74) is 0.708. The fourth-order valence-electron chi connectivity index (χ4n) is 2.59. The number of hydrogen-bond acceptors (Lipinski definition) is 6. The molecule has 0 bridgehead atoms. The van der Waals surface area contributed by atoms with Crippen molar-refractivity contribution in [2.75, 3.05) is 14.2 Å². The molecule has 0 amide bonds. The van der Waals surface area contributed by atoms with Gasteiger partial charge in [0, 0.05) is 5.56 Å². The number of methoxy groups -OCH3 is 2. The molecule has 0 N–H and O–H groups in total. The van der Waals surface area contributed by atoms with Crippen LogP contribution in [0.4, 0.5) is 5.69 Å². The second-order valence-electron chi connectivity index (χ2n) is 5.77. The third-order valence-electron chi connectivity index (χ3n) is 4.07. The van der Waals surface area contributed by atoms with E-state index >= 15 is 0 Å². The van der Waals surface area contributed by atoms with Crippen molar-refractivity contribution < 1.29 is 23.6 Å². The number of carbonyl (C=O) groups is 1. The van der Waals surface area contributed by atoms with Crippen molar-refractivity contribution in [1.29, 1.82) is 0 Å². The Balaban J connectivity index is 1.81. The molecular weight excluding hydrogens is 362 g/mol. The SMILES string of the molecule is COc1ccc(C(=O)/C=C/c2ccc(-c3ccc(OC)cc3[N+](=O)[O-])o2)cc1. The molecule has 0 spiro atoms. The molecule has 1 heterocycles. The fourth-order valence-corrected chi connectivity index (χ4v) is 2.59. The van der Waals surface area contributed by atoms with Crippen LogP contribution >= 0.6 is 0 Å². The molecule has 3 rings (SSSR count). The third kappa shape index (κ3) is 4.09. The zero-order valence-corrected chi connectivity index (χ0v) is 15.2. The molecule has 28 heavy (non-hydrogen) atoms. The van der Waals surface area contributed by atoms with Gasteiger partial charge in [0.25, 0.3) is 5.69 Å². The number of nitrogens with zero attached hydrogens (tertiary/aromatic N) is 1. The van der Waals surface area contributed by atoms with Gasteiger partial charge in [0.1, 0.15) is 23.0 Å². The molecule has 0 aliphatic heterocycles. The van der Waals surface area contributed by atoms with Crippen molar-refractivity contribution in [3.63, 3.8) is 0 Å². The van der Waals surface area contributed by atoms with Crippen LogP contribution in [0.1, 0.15) is 16.1 Å². The van der Waals surface area contributed by atoms with Crippen LogP contribution in [0.15, 0.2) is 65.1 Å². The van der Waals surface area contributed by atoms with Crippen LogP contribution in [0, 0.1) is 10.1 Å². The summed E-state index contributed by atoms with van der Waals surface area (Å²) in [7, 11) is 2.99. The topological polar surface area (TPSA) is 91.8 Å². The maximum absolute atomic E-state index is 12.2. The minimum atomic E-state index is -0.497. The van der Waals surface area contributed by atoms with Crippen molar-refractivity contribution in [3.8, 4) is 22.8 Å². The average Bonchev–Trinajstić information content (AvgIpc) is 3.20. The van der Waals surface area contributed by atoms with Gasteiger partial charge in [-0.25, -0.2) is 0 Å². The van der Waals surface area contributed by atoms with E-state index in [1.54, 1.807) is 55.6 Å². The predicted molar refractivity (Wildman–Crippen MR) is 104 cm³/mol. The van der Waals surface area contributed by atoms with E-state index in [9.17, 15) is 14.9 Å². The number of allylic oxidation sites excluding steroid dienone is 1. The molecule has 0 saturated carbocycles. The molecule has 0 unspecified atom stereocenters. The molecule has 142 valence electrons. The normalized spacial score (nSPS) is 10.8. The highest BCUT2D eigenvalue weighted by molar-refractivity contribution is 6.06. The monoisotopic (exact) mass is 379 g/mol. The Bertz CT molecular complexity index is 1030. The molecule has 1 aromatic heterocycles. The van der Waals surface area contributed by atoms with Crippen LogP contribution in [0.3, 0.4) is 0 Å². The third-order valence-corrected chi connectivity index (χ3v) is 4.07. The molecular formula is C21H17NO6. The van der Waals surface area contributed by atoms with E-state index in [4.69, 9.17) is 13.9 Å². The van der Waals surface area contributed by atoms with Gasteiger partial charge in [-0.2, -0.15) is 0 Å². The fraction of sp³-hybridized carbons (Fsp3) is 0.0952. The van der Waals surface area contributed by atoms with Gasteiger partial charge in [-0.15, -0.1) is 0 Å². The highest BCUT2D eigenvalue weighted by Gasteiger charge is 2.19. The summed E-state index contributed by atoms with van der Waals surface area (Å²) < 4.78 is 15.7. The van der Waals surface area contributed by atoms with Crippen LogP contribution in [0.2, 0.25) is 0 Å². The quantitative estimate of drug-likeness (QED) is 0.254. The Morgan fingerprint density at radius 2 is 1.68 bits per heavy atom. The van der Waals surface area contributed by atoms with Gasteiger partial charge in [0.15, 0.2) is 5.78 Å². The molecule has 7 nitrogen and oxygen atoms in total. The molecule has 0 atom stereocenters. The van der Waals surface area contributed by atoms with Crippen molar-refractivity contribution in [1.82, 2.24) is 0 Å². The lowest BCUT2D eigenvalue weighted by Gasteiger charge is -2.03. The van der Waals surface area contributed by atoms with Crippen LogP contribution in [0.5, 0.6) is 11.5 Å². The van der Waals surface area contributed by atoms with Crippen molar-refractivity contribution in [2.45, 2.75) is 0 Å². The van der Waals surface area contributed by atoms with Crippen molar-refractivity contribution in [2.24, 2.45) is 0 Å². The van der Waals surface area contributed by atoms with Crippen LogP contribution in [-0.4, -0.2) is 24.9 Å². The highest BCUT2D eigenvalue weighted by atomic mass is 16.6. The van der Waals surface area contributed by atoms with E-state index in [-0.39, 0.29) is 11.5 Å². The van der Waals surface area contributed by atoms with Gasteiger partial charge < -0.3 is 13.9 Å². The van der Waals surface area contributed by atoms with Crippen molar-refractivity contribution >= 4 is 17.5 Å². The Morgan fingerprint density at radius 3 is 2.32 bits per heavy atom. The van der Waals surface area contributed by atoms with Gasteiger partial charge >= 0.3 is 0 Å². The lowest BCUT2D eigenvalue weighted by atomic mass is 10.1. The number of nitro groups is 1. The Kier molecular flexibility index (Phi) is 5.55. The summed E-state index contributed by atoms with van der Waals surface area (Å²) in [6, 6.07) is 14.5. The van der Waals surface area contributed by atoms with Gasteiger partial charge in [0.2, 0.25) is 0 Å². The number of furan rings is 1. The molecule has 3 aromatic rings. The summed E-state index contributed by atoms with van der Waals surface area (Å²) >= 11 is 0. The van der Waals surface area contributed by atoms with E-state index < -0.39 is 4.92 Å². The number of rotatable bonds is 7. The largest absolute Gasteiger partial charge is 0.497 e. The summed E-state index contributed by atoms with van der Waals surface area (Å²) in [6.45, 7) is 0. The maximum atomic E-state index is 12.2. The van der Waals surface area contributed by atoms with E-state index in [0.29, 0.717) is 34.1 Å². The zero-order chi connectivity index (χ0) is 20.1. The van der Waals surface area contributed by atoms with E-state index in [1.165, 1.54) is 25.3 Å². The Labute approximate surface area is 161 Å². The van der Waals surface area contributed by atoms with E-state index in [1.807, 2.05) is 0 Å². The smallest absolute Gasteiger partial charge is 0.284 e. The number of nitro benzene ring substituents is 1. The predicted octanol–water partition coefficient (Wildman–Crippen LogP) is 4.77. The minimum Gasteiger partial charge on any atom is -0.497 e. The number of carbonyl (C=O) groups excluding carboxylic acids is 1. The van der Waals surface area contributed by atoms with Gasteiger partial charge in [-0.1, -0.05) is 0 Å².